The molecule has 0 amide bonds. The first-order valence-electron chi connectivity index (χ1n) is 6.37. The molecule has 1 aliphatic heterocycles. The monoisotopic (exact) mass is 266 g/mol. The van der Waals surface area contributed by atoms with E-state index in [4.69, 9.17) is 10.1 Å². The molecule has 1 N–H and O–H groups in total. The van der Waals surface area contributed by atoms with Crippen molar-refractivity contribution in [1.82, 2.24) is 9.78 Å². The van der Waals surface area contributed by atoms with Gasteiger partial charge in [-0.1, -0.05) is 30.3 Å². The van der Waals surface area contributed by atoms with Gasteiger partial charge in [0, 0.05) is 18.5 Å². The molecule has 2 aromatic rings. The van der Waals surface area contributed by atoms with Crippen LogP contribution in [0.15, 0.2) is 30.3 Å². The highest BCUT2D eigenvalue weighted by Crippen LogP contribution is 2.43. The number of aryl methyl sites for hydroxylation is 2. The average molecular weight is 266 g/mol. The van der Waals surface area contributed by atoms with Crippen LogP contribution in [-0.4, -0.2) is 15.7 Å². The smallest absolute Gasteiger partial charge is 0.223 e. The van der Waals surface area contributed by atoms with E-state index < -0.39 is 5.92 Å². The predicted molar refractivity (Wildman–Crippen MR) is 73.7 cm³/mol. The Hall–Kier alpha value is -2.61. The van der Waals surface area contributed by atoms with Gasteiger partial charge in [0.05, 0.1) is 11.8 Å². The second kappa shape index (κ2) is 4.49. The molecule has 0 fully saturated rings. The van der Waals surface area contributed by atoms with Crippen molar-refractivity contribution >= 4 is 5.90 Å². The van der Waals surface area contributed by atoms with E-state index in [1.165, 1.54) is 0 Å². The molecule has 1 aromatic carbocycles. The molecule has 1 aliphatic rings. The summed E-state index contributed by atoms with van der Waals surface area (Å²) in [6, 6.07) is 12.0. The fourth-order valence-corrected chi connectivity index (χ4v) is 2.77. The number of fused-ring (bicyclic) bond motifs is 1. The van der Waals surface area contributed by atoms with E-state index in [0.717, 1.165) is 16.8 Å². The topological polar surface area (TPSA) is 74.7 Å². The maximum Gasteiger partial charge on any atom is 0.223 e. The Bertz CT molecular complexity index is 711. The third kappa shape index (κ3) is 1.69. The van der Waals surface area contributed by atoms with Gasteiger partial charge in [-0.05, 0) is 12.5 Å². The van der Waals surface area contributed by atoms with Crippen LogP contribution in [0.5, 0.6) is 5.88 Å². The molecule has 3 rings (SSSR count). The van der Waals surface area contributed by atoms with E-state index in [0.29, 0.717) is 5.88 Å². The molecule has 2 atom stereocenters. The van der Waals surface area contributed by atoms with Crippen LogP contribution in [0.3, 0.4) is 0 Å². The maximum absolute atomic E-state index is 9.42. The lowest BCUT2D eigenvalue weighted by Crippen LogP contribution is -2.31. The molecule has 0 radical (unpaired) electrons. The van der Waals surface area contributed by atoms with Crippen LogP contribution in [0.4, 0.5) is 0 Å². The van der Waals surface area contributed by atoms with Crippen LogP contribution in [0.1, 0.15) is 22.7 Å². The normalized spacial score (nSPS) is 20.9. The lowest BCUT2D eigenvalue weighted by Gasteiger charge is -2.28. The van der Waals surface area contributed by atoms with Gasteiger partial charge in [-0.25, -0.2) is 4.68 Å². The summed E-state index contributed by atoms with van der Waals surface area (Å²) in [5.41, 5.74) is 2.75. The summed E-state index contributed by atoms with van der Waals surface area (Å²) in [5.74, 6) is -0.274. The SMILES string of the molecule is Cc1nn(C)c2c1C(c1ccccc1)C(C#N)C(=N)O2. The summed E-state index contributed by atoms with van der Waals surface area (Å²) in [5, 5.41) is 21.8. The van der Waals surface area contributed by atoms with Gasteiger partial charge < -0.3 is 4.74 Å². The molecule has 0 bridgehead atoms. The molecule has 2 unspecified atom stereocenters. The van der Waals surface area contributed by atoms with E-state index >= 15 is 0 Å². The average Bonchev–Trinajstić information content (AvgIpc) is 2.73. The number of aromatic nitrogens is 2. The molecule has 0 saturated heterocycles. The van der Waals surface area contributed by atoms with Gasteiger partial charge in [-0.3, -0.25) is 5.41 Å². The molecule has 1 aromatic heterocycles. The summed E-state index contributed by atoms with van der Waals surface area (Å²) >= 11 is 0. The van der Waals surface area contributed by atoms with Crippen molar-refractivity contribution < 1.29 is 4.74 Å². The molecule has 5 heteroatoms. The highest BCUT2D eigenvalue weighted by molar-refractivity contribution is 5.84. The van der Waals surface area contributed by atoms with Crippen molar-refractivity contribution in [2.24, 2.45) is 13.0 Å². The van der Waals surface area contributed by atoms with Crippen molar-refractivity contribution in [3.8, 4) is 11.9 Å². The van der Waals surface area contributed by atoms with Crippen LogP contribution in [0, 0.1) is 29.6 Å². The summed E-state index contributed by atoms with van der Waals surface area (Å²) in [6.07, 6.45) is 0. The number of hydrogen-bond acceptors (Lipinski definition) is 4. The molecule has 0 saturated carbocycles. The second-order valence-electron chi connectivity index (χ2n) is 4.89. The second-order valence-corrected chi connectivity index (χ2v) is 4.89. The lowest BCUT2D eigenvalue weighted by atomic mass is 9.80. The van der Waals surface area contributed by atoms with Crippen molar-refractivity contribution in [3.63, 3.8) is 0 Å². The standard InChI is InChI=1S/C15H14N4O/c1-9-12-13(10-6-4-3-5-7-10)11(8-16)14(17)20-15(12)19(2)18-9/h3-7,11,13,17H,1-2H3. The third-order valence-electron chi connectivity index (χ3n) is 3.65. The minimum atomic E-state index is -0.618. The number of nitrogens with zero attached hydrogens (tertiary/aromatic N) is 3. The van der Waals surface area contributed by atoms with Crippen molar-refractivity contribution in [2.75, 3.05) is 0 Å². The first kappa shape index (κ1) is 12.4. The van der Waals surface area contributed by atoms with Gasteiger partial charge in [0.25, 0.3) is 0 Å². The predicted octanol–water partition coefficient (Wildman–Crippen LogP) is 2.37. The molecule has 0 aliphatic carbocycles. The van der Waals surface area contributed by atoms with Gasteiger partial charge in [0.1, 0.15) is 5.92 Å². The number of nitriles is 1. The van der Waals surface area contributed by atoms with Gasteiger partial charge in [-0.15, -0.1) is 0 Å². The highest BCUT2D eigenvalue weighted by Gasteiger charge is 2.40. The third-order valence-corrected chi connectivity index (χ3v) is 3.65. The van der Waals surface area contributed by atoms with E-state index in [1.807, 2.05) is 37.3 Å². The van der Waals surface area contributed by atoms with Crippen LogP contribution in [-0.2, 0) is 7.05 Å². The zero-order chi connectivity index (χ0) is 14.3. The Morgan fingerprint density at radius 3 is 2.70 bits per heavy atom. The van der Waals surface area contributed by atoms with E-state index in [2.05, 4.69) is 11.2 Å². The Balaban J connectivity index is 2.25. The summed E-state index contributed by atoms with van der Waals surface area (Å²) in [4.78, 5) is 0. The van der Waals surface area contributed by atoms with E-state index in [1.54, 1.807) is 11.7 Å². The molecular weight excluding hydrogens is 252 g/mol. The Morgan fingerprint density at radius 2 is 2.05 bits per heavy atom. The number of ether oxygens (including phenoxy) is 1. The van der Waals surface area contributed by atoms with Crippen LogP contribution in [0.2, 0.25) is 0 Å². The maximum atomic E-state index is 9.42. The van der Waals surface area contributed by atoms with Crippen LogP contribution in [0.25, 0.3) is 0 Å². The summed E-state index contributed by atoms with van der Waals surface area (Å²) < 4.78 is 7.13. The van der Waals surface area contributed by atoms with Crippen LogP contribution >= 0.6 is 0 Å². The molecule has 100 valence electrons. The number of benzene rings is 1. The van der Waals surface area contributed by atoms with Crippen molar-refractivity contribution in [3.05, 3.63) is 47.2 Å². The fraction of sp³-hybridized carbons (Fsp3) is 0.267. The first-order valence-corrected chi connectivity index (χ1v) is 6.37. The Morgan fingerprint density at radius 1 is 1.35 bits per heavy atom. The van der Waals surface area contributed by atoms with Gasteiger partial charge in [-0.2, -0.15) is 10.4 Å². The molecule has 5 nitrogen and oxygen atoms in total. The quantitative estimate of drug-likeness (QED) is 0.861. The fourth-order valence-electron chi connectivity index (χ4n) is 2.77. The number of rotatable bonds is 1. The van der Waals surface area contributed by atoms with E-state index in [-0.39, 0.29) is 11.8 Å². The number of nitrogens with one attached hydrogen (secondary N) is 1. The minimum Gasteiger partial charge on any atom is -0.424 e. The van der Waals surface area contributed by atoms with Gasteiger partial charge in [0.2, 0.25) is 11.8 Å². The lowest BCUT2D eigenvalue weighted by molar-refractivity contribution is 0.413. The van der Waals surface area contributed by atoms with Crippen molar-refractivity contribution in [1.29, 1.82) is 10.7 Å². The molecule has 2 heterocycles. The minimum absolute atomic E-state index is 0.0168. The molecular formula is C15H14N4O. The van der Waals surface area contributed by atoms with Gasteiger partial charge >= 0.3 is 0 Å². The number of hydrogen-bond donors (Lipinski definition) is 1. The first-order chi connectivity index (χ1) is 9.63. The largest absolute Gasteiger partial charge is 0.424 e. The molecule has 20 heavy (non-hydrogen) atoms. The Kier molecular flexibility index (Phi) is 2.79. The van der Waals surface area contributed by atoms with Crippen molar-refractivity contribution in [2.45, 2.75) is 12.8 Å². The zero-order valence-corrected chi connectivity index (χ0v) is 11.3. The zero-order valence-electron chi connectivity index (χ0n) is 11.3. The summed E-state index contributed by atoms with van der Waals surface area (Å²) in [6.45, 7) is 1.90. The summed E-state index contributed by atoms with van der Waals surface area (Å²) in [7, 11) is 1.79. The Labute approximate surface area is 116 Å². The highest BCUT2D eigenvalue weighted by atomic mass is 16.5. The van der Waals surface area contributed by atoms with E-state index in [9.17, 15) is 5.26 Å². The molecule has 0 spiro atoms. The van der Waals surface area contributed by atoms with Gasteiger partial charge in [0.15, 0.2) is 0 Å². The van der Waals surface area contributed by atoms with Crippen LogP contribution < -0.4 is 4.74 Å².